The van der Waals surface area contributed by atoms with Gasteiger partial charge in [-0.2, -0.15) is 0 Å². The third-order valence-electron chi connectivity index (χ3n) is 12.2. The lowest BCUT2D eigenvalue weighted by Crippen LogP contribution is -2.69. The summed E-state index contributed by atoms with van der Waals surface area (Å²) in [5.74, 6) is -1.28. The Bertz CT molecular complexity index is 1290. The fourth-order valence-electron chi connectivity index (χ4n) is 8.33. The number of carbonyl (C=O) groups excluding carboxylic acids is 3. The minimum atomic E-state index is -0.826. The monoisotopic (exact) mass is 696 g/mol. The van der Waals surface area contributed by atoms with Crippen molar-refractivity contribution >= 4 is 17.7 Å². The van der Waals surface area contributed by atoms with Crippen LogP contribution in [0, 0.1) is 25.7 Å². The predicted molar refractivity (Wildman–Crippen MR) is 208 cm³/mol. The van der Waals surface area contributed by atoms with Gasteiger partial charge in [-0.1, -0.05) is 125 Å². The summed E-state index contributed by atoms with van der Waals surface area (Å²) in [5.41, 5.74) is 2.48. The molecule has 1 N–H and O–H groups in total. The van der Waals surface area contributed by atoms with Gasteiger partial charge in [-0.05, 0) is 87.1 Å². The first-order chi connectivity index (χ1) is 23.4. The molecule has 1 aromatic rings. The Hall–Kier alpha value is -2.63. The van der Waals surface area contributed by atoms with Gasteiger partial charge in [-0.3, -0.25) is 14.4 Å². The molecule has 1 fully saturated rings. The fourth-order valence-corrected chi connectivity index (χ4v) is 8.33. The third kappa shape index (κ3) is 10.7. The average molecular weight is 696 g/mol. The quantitative estimate of drug-likeness (QED) is 0.0635. The van der Waals surface area contributed by atoms with Crippen LogP contribution in [0.5, 0.6) is 5.75 Å². The zero-order valence-corrected chi connectivity index (χ0v) is 33.9. The second-order valence-electron chi connectivity index (χ2n) is 16.8. The van der Waals surface area contributed by atoms with Crippen LogP contribution >= 0.6 is 0 Å². The molecule has 0 bridgehead atoms. The summed E-state index contributed by atoms with van der Waals surface area (Å²) in [5, 5.41) is 11.1. The topological polar surface area (TPSA) is 83.9 Å². The van der Waals surface area contributed by atoms with Crippen LogP contribution in [-0.2, 0) is 31.0 Å². The van der Waals surface area contributed by atoms with Crippen molar-refractivity contribution in [2.45, 2.75) is 201 Å². The summed E-state index contributed by atoms with van der Waals surface area (Å²) in [7, 11) is 0. The van der Waals surface area contributed by atoms with Gasteiger partial charge in [-0.15, -0.1) is 0 Å². The van der Waals surface area contributed by atoms with Crippen molar-refractivity contribution in [1.29, 1.82) is 0 Å². The largest absolute Gasteiger partial charge is 0.507 e. The molecule has 1 aliphatic heterocycles. The van der Waals surface area contributed by atoms with Crippen LogP contribution in [0.15, 0.2) is 18.7 Å². The second kappa shape index (κ2) is 19.3. The predicted octanol–water partition coefficient (Wildman–Crippen LogP) is 11.0. The molecule has 1 saturated heterocycles. The highest BCUT2D eigenvalue weighted by Gasteiger charge is 2.55. The number of phenolic OH excluding ortho intramolecular Hbond substituents is 1. The summed E-state index contributed by atoms with van der Waals surface area (Å²) in [6.45, 7) is 26.6. The standard InChI is InChI=1S/C44H73NO5/c1-13-17-18-19-20-21-22-23-24-25-26-35(37(46)28-27-34-31(5)29-36(42(8,9)10)40(48)32(34)6)41(49)50-38-30-43(11,15-3)45(39(47)14-2)44(12,16-4)33(38)7/h14,29,33,35,38,48H,2,13,15-28,30H2,1,3-12H3. The fraction of sp³-hybridized carbons (Fsp3) is 0.750. The minimum absolute atomic E-state index is 0.0902. The zero-order chi connectivity index (χ0) is 37.9. The van der Waals surface area contributed by atoms with Gasteiger partial charge in [0.25, 0.3) is 0 Å². The zero-order valence-electron chi connectivity index (χ0n) is 33.9. The number of amides is 1. The summed E-state index contributed by atoms with van der Waals surface area (Å²) in [4.78, 5) is 43.4. The van der Waals surface area contributed by atoms with Crippen LogP contribution in [0.3, 0.4) is 0 Å². The van der Waals surface area contributed by atoms with Crippen molar-refractivity contribution in [3.63, 3.8) is 0 Å². The average Bonchev–Trinajstić information content (AvgIpc) is 3.06. The first-order valence-electron chi connectivity index (χ1n) is 20.0. The molecule has 1 heterocycles. The number of likely N-dealkylation sites (tertiary alicyclic amines) is 1. The number of rotatable bonds is 20. The first kappa shape index (κ1) is 43.5. The number of ketones is 1. The van der Waals surface area contributed by atoms with Gasteiger partial charge in [0.05, 0.1) is 0 Å². The number of hydrogen-bond donors (Lipinski definition) is 1. The summed E-state index contributed by atoms with van der Waals surface area (Å²) in [6.07, 6.45) is 15.9. The smallest absolute Gasteiger partial charge is 0.316 e. The molecule has 0 saturated carbocycles. The van der Waals surface area contributed by atoms with E-state index in [0.717, 1.165) is 41.5 Å². The van der Waals surface area contributed by atoms with E-state index in [1.807, 2.05) is 24.8 Å². The van der Waals surface area contributed by atoms with Crippen molar-refractivity contribution in [3.8, 4) is 5.75 Å². The molecular weight excluding hydrogens is 622 g/mol. The van der Waals surface area contributed by atoms with Gasteiger partial charge in [0.2, 0.25) is 5.91 Å². The van der Waals surface area contributed by atoms with Crippen molar-refractivity contribution in [3.05, 3.63) is 41.0 Å². The maximum Gasteiger partial charge on any atom is 0.316 e. The van der Waals surface area contributed by atoms with Crippen LogP contribution in [0.1, 0.15) is 181 Å². The van der Waals surface area contributed by atoms with Gasteiger partial charge in [0.1, 0.15) is 23.6 Å². The summed E-state index contributed by atoms with van der Waals surface area (Å²) >= 11 is 0. The highest BCUT2D eigenvalue weighted by molar-refractivity contribution is 5.99. The van der Waals surface area contributed by atoms with E-state index in [-0.39, 0.29) is 29.4 Å². The van der Waals surface area contributed by atoms with Gasteiger partial charge in [0, 0.05) is 29.8 Å². The van der Waals surface area contributed by atoms with Gasteiger partial charge >= 0.3 is 5.97 Å². The Kier molecular flexibility index (Phi) is 16.8. The number of carbonyl (C=O) groups is 3. The molecule has 1 amide bonds. The maximum absolute atomic E-state index is 14.1. The minimum Gasteiger partial charge on any atom is -0.507 e. The molecule has 5 atom stereocenters. The highest BCUT2D eigenvalue weighted by Crippen LogP contribution is 2.47. The van der Waals surface area contributed by atoms with Crippen LogP contribution in [0.2, 0.25) is 0 Å². The second-order valence-corrected chi connectivity index (χ2v) is 16.8. The van der Waals surface area contributed by atoms with Crippen LogP contribution < -0.4 is 0 Å². The van der Waals surface area contributed by atoms with Crippen molar-refractivity contribution in [1.82, 2.24) is 4.90 Å². The van der Waals surface area contributed by atoms with Crippen molar-refractivity contribution in [2.75, 3.05) is 0 Å². The Morgan fingerprint density at radius 1 is 0.980 bits per heavy atom. The van der Waals surface area contributed by atoms with E-state index in [2.05, 4.69) is 68.9 Å². The number of piperidine rings is 1. The van der Waals surface area contributed by atoms with Crippen molar-refractivity contribution < 1.29 is 24.2 Å². The SMILES string of the molecule is C=CC(=O)N1C(C)(CC)CC(OC(=O)C(CCCCCCCCCCCC)C(=O)CCc2c(C)cc(C(C)(C)C)c(O)c2C)C(C)C1(C)CC. The first-order valence-corrected chi connectivity index (χ1v) is 20.0. The number of phenols is 1. The Balaban J connectivity index is 2.27. The van der Waals surface area contributed by atoms with E-state index < -0.39 is 29.1 Å². The van der Waals surface area contributed by atoms with Gasteiger partial charge in [-0.25, -0.2) is 0 Å². The molecular formula is C44H73NO5. The van der Waals surface area contributed by atoms with E-state index in [0.29, 0.717) is 37.9 Å². The molecule has 284 valence electrons. The third-order valence-corrected chi connectivity index (χ3v) is 12.2. The number of aromatic hydroxyl groups is 1. The molecule has 1 aromatic carbocycles. The number of unbranched alkanes of at least 4 members (excludes halogenated alkanes) is 9. The number of ether oxygens (including phenoxy) is 1. The number of nitrogens with zero attached hydrogens (tertiary/aromatic N) is 1. The lowest BCUT2D eigenvalue weighted by Gasteiger charge is -2.60. The molecule has 6 nitrogen and oxygen atoms in total. The molecule has 2 rings (SSSR count). The Morgan fingerprint density at radius 3 is 2.04 bits per heavy atom. The van der Waals surface area contributed by atoms with E-state index in [4.69, 9.17) is 4.74 Å². The van der Waals surface area contributed by atoms with Gasteiger partial charge in [0.15, 0.2) is 0 Å². The van der Waals surface area contributed by atoms with Crippen LogP contribution in [0.25, 0.3) is 0 Å². The molecule has 0 aliphatic carbocycles. The lowest BCUT2D eigenvalue weighted by molar-refractivity contribution is -0.184. The maximum atomic E-state index is 14.1. The number of esters is 1. The molecule has 0 aromatic heterocycles. The molecule has 1 aliphatic rings. The highest BCUT2D eigenvalue weighted by atomic mass is 16.5. The van der Waals surface area contributed by atoms with Crippen LogP contribution in [0.4, 0.5) is 0 Å². The van der Waals surface area contributed by atoms with E-state index in [1.54, 1.807) is 0 Å². The summed E-state index contributed by atoms with van der Waals surface area (Å²) in [6, 6.07) is 2.04. The van der Waals surface area contributed by atoms with E-state index in [9.17, 15) is 19.5 Å². The number of hydrogen-bond acceptors (Lipinski definition) is 5. The van der Waals surface area contributed by atoms with Gasteiger partial charge < -0.3 is 14.7 Å². The molecule has 0 spiro atoms. The lowest BCUT2D eigenvalue weighted by atomic mass is 9.67. The van der Waals surface area contributed by atoms with E-state index in [1.165, 1.54) is 51.0 Å². The molecule has 0 radical (unpaired) electrons. The Labute approximate surface area is 306 Å². The van der Waals surface area contributed by atoms with E-state index >= 15 is 0 Å². The molecule has 5 unspecified atom stereocenters. The number of benzene rings is 1. The number of aryl methyl sites for hydroxylation is 1. The van der Waals surface area contributed by atoms with Crippen molar-refractivity contribution in [2.24, 2.45) is 11.8 Å². The Morgan fingerprint density at radius 2 is 1.54 bits per heavy atom. The normalized spacial score (nSPS) is 23.1. The molecule has 6 heteroatoms. The van der Waals surface area contributed by atoms with Crippen LogP contribution in [-0.4, -0.2) is 44.8 Å². The number of Topliss-reactive ketones (excluding diaryl/α,β-unsaturated/α-hetero) is 1. The molecule has 50 heavy (non-hydrogen) atoms. The summed E-state index contributed by atoms with van der Waals surface area (Å²) < 4.78 is 6.39.